The van der Waals surface area contributed by atoms with E-state index in [1.165, 1.54) is 10.9 Å². The van der Waals surface area contributed by atoms with Crippen LogP contribution < -0.4 is 15.1 Å². The average Bonchev–Trinajstić information content (AvgIpc) is 2.68. The fraction of sp³-hybridized carbons (Fsp3) is 0.217. The Balaban J connectivity index is 1.85. The zero-order chi connectivity index (χ0) is 20.9. The second-order valence-electron chi connectivity index (χ2n) is 7.93. The molecule has 0 aliphatic carbocycles. The van der Waals surface area contributed by atoms with Gasteiger partial charge in [0.15, 0.2) is 0 Å². The number of ether oxygens (including phenoxy) is 1. The van der Waals surface area contributed by atoms with Crippen molar-refractivity contribution in [2.24, 2.45) is 0 Å². The van der Waals surface area contributed by atoms with Gasteiger partial charge in [0.25, 0.3) is 0 Å². The molecular weight excluding hydrogens is 429 g/mol. The quantitative estimate of drug-likeness (QED) is 0.282. The van der Waals surface area contributed by atoms with E-state index in [-0.39, 0.29) is 6.04 Å². The molecule has 0 bridgehead atoms. The summed E-state index contributed by atoms with van der Waals surface area (Å²) < 4.78 is 5.96. The molecule has 3 aromatic carbocycles. The van der Waals surface area contributed by atoms with E-state index in [0.29, 0.717) is 0 Å². The van der Waals surface area contributed by atoms with Gasteiger partial charge in [-0.05, 0) is 48.9 Å². The van der Waals surface area contributed by atoms with Crippen molar-refractivity contribution in [3.63, 3.8) is 0 Å². The van der Waals surface area contributed by atoms with Crippen molar-refractivity contribution in [2.45, 2.75) is 32.6 Å². The van der Waals surface area contributed by atoms with Gasteiger partial charge < -0.3 is 4.74 Å². The molecule has 0 aromatic heterocycles. The van der Waals surface area contributed by atoms with E-state index in [9.17, 15) is 0 Å². The van der Waals surface area contributed by atoms with Crippen molar-refractivity contribution in [1.82, 2.24) is 5.09 Å². The van der Waals surface area contributed by atoms with E-state index in [4.69, 9.17) is 16.5 Å². The highest BCUT2D eigenvalue weighted by Crippen LogP contribution is 2.59. The topological polar surface area (TPSA) is 21.3 Å². The summed E-state index contributed by atoms with van der Waals surface area (Å²) in [7, 11) is 0.553. The van der Waals surface area contributed by atoms with Gasteiger partial charge in [0, 0.05) is 11.3 Å². The normalized spacial score (nSPS) is 14.8. The molecule has 0 radical (unpaired) electrons. The van der Waals surface area contributed by atoms with Crippen molar-refractivity contribution in [3.05, 3.63) is 90.5 Å². The Labute approximate surface area is 184 Å². The molecule has 3 aromatic rings. The van der Waals surface area contributed by atoms with Gasteiger partial charge in [-0.3, -0.25) is 5.09 Å². The Kier molecular flexibility index (Phi) is 7.41. The number of hydrogen-bond acceptors (Lipinski definition) is 3. The maximum Gasteiger partial charge on any atom is 0.127 e. The summed E-state index contributed by atoms with van der Waals surface area (Å²) in [5.41, 5.74) is 1.27. The Morgan fingerprint density at radius 2 is 1.34 bits per heavy atom. The molecule has 0 fully saturated rings. The van der Waals surface area contributed by atoms with Gasteiger partial charge in [0.1, 0.15) is 18.7 Å². The molecule has 2 nitrogen and oxygen atoms in total. The summed E-state index contributed by atoms with van der Waals surface area (Å²) >= 11 is 6.32. The lowest BCUT2D eigenvalue weighted by Crippen LogP contribution is -2.25. The summed E-state index contributed by atoms with van der Waals surface area (Å²) in [6.45, 7) is 9.29. The van der Waals surface area contributed by atoms with Crippen LogP contribution in [-0.4, -0.2) is 7.22 Å². The number of rotatable bonds is 8. The molecule has 0 aliphatic rings. The van der Waals surface area contributed by atoms with Crippen molar-refractivity contribution in [3.8, 4) is 11.5 Å². The summed E-state index contributed by atoms with van der Waals surface area (Å²) in [4.78, 5) is 0. The SMILES string of the molecule is CC(NP(=S)(S[Si](C)(C)C)c1ccc(Oc2ccccc2)cc1)c1ccccc1. The summed E-state index contributed by atoms with van der Waals surface area (Å²) in [5, 5.41) is 3.02. The molecule has 0 heterocycles. The number of para-hydroxylation sites is 1. The number of benzene rings is 3. The second-order valence-corrected chi connectivity index (χ2v) is 24.1. The van der Waals surface area contributed by atoms with Crippen LogP contribution in [0.2, 0.25) is 19.6 Å². The standard InChI is InChI=1S/C23H28NOPS2Si/c1-19(20-11-7-5-8-12-20)24-26(27,28-29(2,3)4)23-17-15-22(16-18-23)25-21-13-9-6-10-14-21/h5-19H,1-4H3,(H,24,27). The fourth-order valence-corrected chi connectivity index (χ4v) is 24.1. The van der Waals surface area contributed by atoms with Crippen molar-refractivity contribution in [1.29, 1.82) is 0 Å². The Hall–Kier alpha value is -1.36. The monoisotopic (exact) mass is 457 g/mol. The zero-order valence-electron chi connectivity index (χ0n) is 17.3. The molecule has 6 heteroatoms. The summed E-state index contributed by atoms with van der Waals surface area (Å²) in [6.07, 6.45) is 0. The number of hydrogen-bond donors (Lipinski definition) is 1. The molecule has 3 rings (SSSR count). The minimum atomic E-state index is -2.01. The van der Waals surface area contributed by atoms with E-state index < -0.39 is 12.6 Å². The van der Waals surface area contributed by atoms with Gasteiger partial charge in [0.05, 0.1) is 5.39 Å². The molecule has 0 aliphatic heterocycles. The minimum Gasteiger partial charge on any atom is -0.457 e. The van der Waals surface area contributed by atoms with Gasteiger partial charge in [-0.15, -0.1) is 10.8 Å². The van der Waals surface area contributed by atoms with Crippen LogP contribution in [0.5, 0.6) is 11.5 Å². The first kappa shape index (κ1) is 22.3. The van der Waals surface area contributed by atoms with E-state index in [0.717, 1.165) is 11.5 Å². The summed E-state index contributed by atoms with van der Waals surface area (Å²) in [5.74, 6) is 1.67. The van der Waals surface area contributed by atoms with E-state index >= 15 is 0 Å². The lowest BCUT2D eigenvalue weighted by Gasteiger charge is -2.32. The third-order valence-electron chi connectivity index (χ3n) is 4.22. The molecule has 29 heavy (non-hydrogen) atoms. The third-order valence-corrected chi connectivity index (χ3v) is 20.3. The first-order chi connectivity index (χ1) is 13.8. The van der Waals surface area contributed by atoms with Crippen LogP contribution in [0.3, 0.4) is 0 Å². The van der Waals surface area contributed by atoms with Crippen LogP contribution in [0.4, 0.5) is 0 Å². The van der Waals surface area contributed by atoms with Crippen LogP contribution in [-0.2, 0) is 11.8 Å². The van der Waals surface area contributed by atoms with Gasteiger partial charge >= 0.3 is 0 Å². The lowest BCUT2D eigenvalue weighted by atomic mass is 10.1. The van der Waals surface area contributed by atoms with Crippen LogP contribution in [0.15, 0.2) is 84.9 Å². The van der Waals surface area contributed by atoms with Gasteiger partial charge in [0.2, 0.25) is 0 Å². The zero-order valence-corrected chi connectivity index (χ0v) is 20.9. The molecule has 1 N–H and O–H groups in total. The molecule has 0 saturated heterocycles. The van der Waals surface area contributed by atoms with E-state index in [1.54, 1.807) is 0 Å². The number of nitrogens with one attached hydrogen (secondary N) is 1. The first-order valence-electron chi connectivity index (χ1n) is 9.72. The van der Waals surface area contributed by atoms with Crippen molar-refractivity contribution < 1.29 is 4.74 Å². The van der Waals surface area contributed by atoms with Crippen LogP contribution in [0, 0.1) is 0 Å². The predicted molar refractivity (Wildman–Crippen MR) is 136 cm³/mol. The second kappa shape index (κ2) is 9.63. The fourth-order valence-electron chi connectivity index (χ4n) is 2.95. The van der Waals surface area contributed by atoms with Crippen LogP contribution in [0.1, 0.15) is 18.5 Å². The minimum absolute atomic E-state index is 0.200. The maximum absolute atomic E-state index is 6.32. The molecule has 2 atom stereocenters. The smallest absolute Gasteiger partial charge is 0.127 e. The van der Waals surface area contributed by atoms with Crippen molar-refractivity contribution in [2.75, 3.05) is 0 Å². The van der Waals surface area contributed by atoms with E-state index in [1.807, 2.05) is 53.3 Å². The Bertz CT molecular complexity index is 960. The first-order valence-corrected chi connectivity index (χ1v) is 18.2. The van der Waals surface area contributed by atoms with E-state index in [2.05, 4.69) is 74.1 Å². The van der Waals surface area contributed by atoms with Crippen LogP contribution in [0.25, 0.3) is 0 Å². The Morgan fingerprint density at radius 3 is 1.90 bits per heavy atom. The van der Waals surface area contributed by atoms with Gasteiger partial charge in [-0.25, -0.2) is 0 Å². The molecule has 0 spiro atoms. The summed E-state index contributed by atoms with van der Waals surface area (Å²) in [6, 6.07) is 28.9. The van der Waals surface area contributed by atoms with Crippen molar-refractivity contribution >= 4 is 40.6 Å². The Morgan fingerprint density at radius 1 is 0.828 bits per heavy atom. The van der Waals surface area contributed by atoms with Gasteiger partial charge in [-0.2, -0.15) is 0 Å². The molecule has 0 saturated carbocycles. The highest BCUT2D eigenvalue weighted by molar-refractivity contribution is 8.82. The van der Waals surface area contributed by atoms with Crippen LogP contribution >= 0.6 is 16.2 Å². The highest BCUT2D eigenvalue weighted by Gasteiger charge is 2.30. The maximum atomic E-state index is 6.32. The highest BCUT2D eigenvalue weighted by atomic mass is 33.0. The largest absolute Gasteiger partial charge is 0.457 e. The molecule has 0 amide bonds. The van der Waals surface area contributed by atoms with Gasteiger partial charge in [-0.1, -0.05) is 80.0 Å². The molecular formula is C23H28NOPS2Si. The molecule has 2 unspecified atom stereocenters. The third kappa shape index (κ3) is 6.56. The molecule has 152 valence electrons. The predicted octanol–water partition coefficient (Wildman–Crippen LogP) is 7.33. The average molecular weight is 458 g/mol. The lowest BCUT2D eigenvalue weighted by molar-refractivity contribution is 0.483.